The molecule has 0 bridgehead atoms. The maximum absolute atomic E-state index is 13.0. The number of hydrogen-bond donors (Lipinski definition) is 3. The van der Waals surface area contributed by atoms with Crippen molar-refractivity contribution in [1.82, 2.24) is 10.2 Å². The molecule has 0 aromatic heterocycles. The summed E-state index contributed by atoms with van der Waals surface area (Å²) in [5, 5.41) is 31.4. The highest BCUT2D eigenvalue weighted by atomic mass is 16.5. The Balaban J connectivity index is 1.59. The molecule has 1 aromatic rings. The minimum absolute atomic E-state index is 0.00819. The lowest BCUT2D eigenvalue weighted by molar-refractivity contribution is -0.129. The number of nitrogens with zero attached hydrogens (tertiary/aromatic N) is 2. The summed E-state index contributed by atoms with van der Waals surface area (Å²) in [5.41, 5.74) is 1.72. The van der Waals surface area contributed by atoms with Gasteiger partial charge in [-0.3, -0.25) is 4.79 Å². The normalized spacial score (nSPS) is 22.8. The van der Waals surface area contributed by atoms with Crippen molar-refractivity contribution in [3.63, 3.8) is 0 Å². The molecule has 2 fully saturated rings. The van der Waals surface area contributed by atoms with Crippen LogP contribution in [0, 0.1) is 35.5 Å². The molecule has 1 heterocycles. The average molecular weight is 453 g/mol. The van der Waals surface area contributed by atoms with E-state index in [4.69, 9.17) is 4.74 Å². The fraction of sp³-hybridized carbons (Fsp3) is 0.542. The Kier molecular flexibility index (Phi) is 7.50. The molecule has 0 radical (unpaired) electrons. The van der Waals surface area contributed by atoms with E-state index in [1.807, 2.05) is 58.0 Å². The van der Waals surface area contributed by atoms with E-state index in [1.165, 1.54) is 0 Å². The van der Waals surface area contributed by atoms with Gasteiger partial charge in [-0.15, -0.1) is 0 Å². The van der Waals surface area contributed by atoms with E-state index >= 15 is 0 Å². The van der Waals surface area contributed by atoms with Gasteiger partial charge in [0.05, 0.1) is 12.0 Å². The van der Waals surface area contributed by atoms with Gasteiger partial charge in [-0.1, -0.05) is 56.7 Å². The number of likely N-dealkylation sites (tertiary alicyclic amines) is 1. The van der Waals surface area contributed by atoms with Crippen LogP contribution in [0.1, 0.15) is 38.3 Å². The van der Waals surface area contributed by atoms with E-state index in [0.717, 1.165) is 17.5 Å². The van der Waals surface area contributed by atoms with E-state index in [0.29, 0.717) is 12.5 Å². The van der Waals surface area contributed by atoms with Crippen molar-refractivity contribution < 1.29 is 24.4 Å². The first-order valence-electron chi connectivity index (χ1n) is 11.3. The third kappa shape index (κ3) is 6.59. The number of ether oxygens (including phenoxy) is 1. The van der Waals surface area contributed by atoms with Crippen LogP contribution in [0.4, 0.5) is 4.79 Å². The SMILES string of the molecule is Cc1ccc(C[C@H](NC(=O)OC[C@H]2[C@H]3C[C@H]3CN2C(=O)C(C#N)=CC(C)(C)C)B(O)O)cc1. The minimum Gasteiger partial charge on any atom is -0.447 e. The molecule has 0 unspecified atom stereocenters. The molecular formula is C24H32BN3O5. The predicted octanol–water partition coefficient (Wildman–Crippen LogP) is 1.99. The Morgan fingerprint density at radius 3 is 2.58 bits per heavy atom. The minimum atomic E-state index is -1.75. The Morgan fingerprint density at radius 2 is 2.00 bits per heavy atom. The van der Waals surface area contributed by atoms with Gasteiger partial charge >= 0.3 is 13.2 Å². The van der Waals surface area contributed by atoms with Crippen LogP contribution < -0.4 is 5.32 Å². The summed E-state index contributed by atoms with van der Waals surface area (Å²) in [4.78, 5) is 27.0. The van der Waals surface area contributed by atoms with Gasteiger partial charge in [0, 0.05) is 6.54 Å². The highest BCUT2D eigenvalue weighted by Gasteiger charge is 2.54. The lowest BCUT2D eigenvalue weighted by Crippen LogP contribution is -2.49. The maximum atomic E-state index is 13.0. The monoisotopic (exact) mass is 453 g/mol. The van der Waals surface area contributed by atoms with Crippen LogP contribution in [-0.4, -0.2) is 59.2 Å². The van der Waals surface area contributed by atoms with E-state index < -0.39 is 19.2 Å². The van der Waals surface area contributed by atoms with Crippen LogP contribution in [0.5, 0.6) is 0 Å². The molecule has 33 heavy (non-hydrogen) atoms. The van der Waals surface area contributed by atoms with Crippen molar-refractivity contribution in [2.45, 2.75) is 52.5 Å². The molecule has 1 aliphatic heterocycles. The summed E-state index contributed by atoms with van der Waals surface area (Å²) >= 11 is 0. The van der Waals surface area contributed by atoms with E-state index in [2.05, 4.69) is 5.32 Å². The molecule has 1 aliphatic carbocycles. The lowest BCUT2D eigenvalue weighted by Gasteiger charge is -2.28. The van der Waals surface area contributed by atoms with Crippen LogP contribution >= 0.6 is 0 Å². The van der Waals surface area contributed by atoms with Gasteiger partial charge in [-0.05, 0) is 42.6 Å². The van der Waals surface area contributed by atoms with Crippen LogP contribution in [-0.2, 0) is 16.0 Å². The molecule has 1 saturated heterocycles. The molecule has 176 valence electrons. The maximum Gasteiger partial charge on any atom is 0.475 e. The smallest absolute Gasteiger partial charge is 0.447 e. The first kappa shape index (κ1) is 24.8. The zero-order valence-corrected chi connectivity index (χ0v) is 19.6. The zero-order chi connectivity index (χ0) is 24.3. The number of nitrogens with one attached hydrogen (secondary N) is 1. The lowest BCUT2D eigenvalue weighted by atomic mass is 9.76. The van der Waals surface area contributed by atoms with Gasteiger partial charge in [0.15, 0.2) is 0 Å². The molecule has 4 atom stereocenters. The second kappa shape index (κ2) is 9.98. The Bertz CT molecular complexity index is 948. The number of alkyl carbamates (subject to hydrolysis) is 1. The molecule has 1 aromatic carbocycles. The number of fused-ring (bicyclic) bond motifs is 1. The molecule has 8 nitrogen and oxygen atoms in total. The van der Waals surface area contributed by atoms with Gasteiger partial charge in [0.1, 0.15) is 18.2 Å². The van der Waals surface area contributed by atoms with Crippen LogP contribution in [0.25, 0.3) is 0 Å². The molecule has 1 saturated carbocycles. The zero-order valence-electron chi connectivity index (χ0n) is 19.6. The van der Waals surface area contributed by atoms with Crippen LogP contribution in [0.15, 0.2) is 35.9 Å². The van der Waals surface area contributed by atoms with Crippen LogP contribution in [0.3, 0.4) is 0 Å². The first-order valence-corrected chi connectivity index (χ1v) is 11.3. The van der Waals surface area contributed by atoms with Gasteiger partial charge in [0.25, 0.3) is 5.91 Å². The van der Waals surface area contributed by atoms with Gasteiger partial charge in [-0.2, -0.15) is 5.26 Å². The van der Waals surface area contributed by atoms with Crippen molar-refractivity contribution in [2.24, 2.45) is 17.3 Å². The first-order chi connectivity index (χ1) is 15.5. The summed E-state index contributed by atoms with van der Waals surface area (Å²) in [6.45, 7) is 8.27. The molecule has 3 N–H and O–H groups in total. The number of hydrogen-bond acceptors (Lipinski definition) is 6. The van der Waals surface area contributed by atoms with E-state index in [-0.39, 0.29) is 41.9 Å². The molecule has 3 rings (SSSR count). The predicted molar refractivity (Wildman–Crippen MR) is 124 cm³/mol. The number of benzene rings is 1. The standard InChI is InChI=1S/C24H32BN3O5/c1-15-5-7-16(8-6-15)9-21(25(31)32)27-23(30)33-14-20-19-10-17(19)13-28(20)22(29)18(12-26)11-24(2,3)4/h5-8,11,17,19-21,31-32H,9-10,13-14H2,1-4H3,(H,27,30)/t17-,19-,20-,21-/m0/s1. The number of allylic oxidation sites excluding steroid dienone is 1. The number of carbonyl (C=O) groups is 2. The summed E-state index contributed by atoms with van der Waals surface area (Å²) in [5.74, 6) is -0.649. The molecular weight excluding hydrogens is 421 g/mol. The second-order valence-electron chi connectivity index (χ2n) is 10.2. The third-order valence-electron chi connectivity index (χ3n) is 6.12. The number of rotatable bonds is 7. The molecule has 2 amide bonds. The topological polar surface area (TPSA) is 123 Å². The van der Waals surface area contributed by atoms with Gasteiger partial charge < -0.3 is 25.0 Å². The average Bonchev–Trinajstić information content (AvgIpc) is 3.42. The largest absolute Gasteiger partial charge is 0.475 e. The summed E-state index contributed by atoms with van der Waals surface area (Å²) in [6.07, 6.45) is 2.09. The Labute approximate surface area is 195 Å². The molecule has 9 heteroatoms. The number of amides is 2. The van der Waals surface area contributed by atoms with Crippen molar-refractivity contribution in [3.05, 3.63) is 47.0 Å². The molecule has 2 aliphatic rings. The Morgan fingerprint density at radius 1 is 1.33 bits per heavy atom. The number of carbonyl (C=O) groups excluding carboxylic acids is 2. The summed E-state index contributed by atoms with van der Waals surface area (Å²) in [7, 11) is -1.75. The van der Waals surface area contributed by atoms with Crippen molar-refractivity contribution in [2.75, 3.05) is 13.2 Å². The van der Waals surface area contributed by atoms with Crippen molar-refractivity contribution >= 4 is 19.1 Å². The fourth-order valence-corrected chi connectivity index (χ4v) is 4.31. The molecule has 0 spiro atoms. The highest BCUT2D eigenvalue weighted by molar-refractivity contribution is 6.43. The summed E-state index contributed by atoms with van der Waals surface area (Å²) < 4.78 is 5.39. The quantitative estimate of drug-likeness (QED) is 0.330. The van der Waals surface area contributed by atoms with Crippen molar-refractivity contribution in [1.29, 1.82) is 5.26 Å². The van der Waals surface area contributed by atoms with Crippen molar-refractivity contribution in [3.8, 4) is 6.07 Å². The fourth-order valence-electron chi connectivity index (χ4n) is 4.31. The highest BCUT2D eigenvalue weighted by Crippen LogP contribution is 2.50. The summed E-state index contributed by atoms with van der Waals surface area (Å²) in [6, 6.07) is 9.27. The number of aryl methyl sites for hydroxylation is 1. The van der Waals surface area contributed by atoms with Gasteiger partial charge in [0.2, 0.25) is 0 Å². The number of piperidine rings is 1. The second-order valence-corrected chi connectivity index (χ2v) is 10.2. The van der Waals surface area contributed by atoms with Crippen LogP contribution in [0.2, 0.25) is 0 Å². The van der Waals surface area contributed by atoms with E-state index in [9.17, 15) is 24.9 Å². The van der Waals surface area contributed by atoms with E-state index in [1.54, 1.807) is 11.0 Å². The van der Waals surface area contributed by atoms with Gasteiger partial charge in [-0.25, -0.2) is 4.79 Å². The Hall–Kier alpha value is -2.83. The number of nitriles is 1. The third-order valence-corrected chi connectivity index (χ3v) is 6.12.